The monoisotopic (exact) mass is 276 g/mol. The maximum absolute atomic E-state index is 12.2. The lowest BCUT2D eigenvalue weighted by Crippen LogP contribution is -2.30. The molecule has 0 heterocycles. The van der Waals surface area contributed by atoms with Crippen LogP contribution in [0.5, 0.6) is 0 Å². The Kier molecular flexibility index (Phi) is 4.41. The topological polar surface area (TPSA) is 63.4 Å². The number of sulfonamides is 1. The Morgan fingerprint density at radius 1 is 1.29 bits per heavy atom. The maximum Gasteiger partial charge on any atom is 0.243 e. The van der Waals surface area contributed by atoms with Gasteiger partial charge in [-0.15, -0.1) is 0 Å². The lowest BCUT2D eigenvalue weighted by Gasteiger charge is -2.19. The molecule has 2 N–H and O–H groups in total. The van der Waals surface area contributed by atoms with Crippen molar-refractivity contribution in [2.45, 2.75) is 25.7 Å². The van der Waals surface area contributed by atoms with E-state index in [0.29, 0.717) is 23.7 Å². The first-order valence-corrected chi connectivity index (χ1v) is 7.22. The molecule has 96 valence electrons. The number of halogens is 1. The predicted octanol–water partition coefficient (Wildman–Crippen LogP) is 2.26. The van der Waals surface area contributed by atoms with E-state index in [2.05, 4.69) is 0 Å². The van der Waals surface area contributed by atoms with Crippen molar-refractivity contribution in [3.05, 3.63) is 22.7 Å². The molecule has 0 atom stereocenters. The van der Waals surface area contributed by atoms with Crippen molar-refractivity contribution < 1.29 is 8.42 Å². The second-order valence-electron chi connectivity index (χ2n) is 3.73. The summed E-state index contributed by atoms with van der Waals surface area (Å²) in [5.74, 6) is 0. The summed E-state index contributed by atoms with van der Waals surface area (Å²) in [7, 11) is -3.47. The summed E-state index contributed by atoms with van der Waals surface area (Å²) in [6.07, 6.45) is 0. The zero-order valence-electron chi connectivity index (χ0n) is 10.2. The van der Waals surface area contributed by atoms with Gasteiger partial charge in [-0.2, -0.15) is 4.31 Å². The number of rotatable bonds is 4. The van der Waals surface area contributed by atoms with Gasteiger partial charge in [-0.3, -0.25) is 0 Å². The first kappa shape index (κ1) is 14.3. The summed E-state index contributed by atoms with van der Waals surface area (Å²) < 4.78 is 25.9. The number of nitrogen functional groups attached to an aromatic ring is 1. The van der Waals surface area contributed by atoms with Gasteiger partial charge < -0.3 is 5.73 Å². The third-order valence-electron chi connectivity index (χ3n) is 2.60. The van der Waals surface area contributed by atoms with Crippen molar-refractivity contribution in [2.75, 3.05) is 18.8 Å². The molecule has 0 amide bonds. The van der Waals surface area contributed by atoms with Crippen LogP contribution in [0.15, 0.2) is 17.0 Å². The van der Waals surface area contributed by atoms with Crippen molar-refractivity contribution >= 4 is 27.3 Å². The van der Waals surface area contributed by atoms with Crippen LogP contribution in [-0.2, 0) is 10.0 Å². The smallest absolute Gasteiger partial charge is 0.243 e. The summed E-state index contributed by atoms with van der Waals surface area (Å²) >= 11 is 5.91. The minimum absolute atomic E-state index is 0.195. The summed E-state index contributed by atoms with van der Waals surface area (Å²) in [6, 6.07) is 2.95. The van der Waals surface area contributed by atoms with Crippen LogP contribution in [-0.4, -0.2) is 25.8 Å². The van der Waals surface area contributed by atoms with Crippen molar-refractivity contribution in [3.63, 3.8) is 0 Å². The van der Waals surface area contributed by atoms with E-state index in [1.165, 1.54) is 10.4 Å². The molecular weight excluding hydrogens is 260 g/mol. The van der Waals surface area contributed by atoms with Gasteiger partial charge in [-0.1, -0.05) is 25.4 Å². The lowest BCUT2D eigenvalue weighted by atomic mass is 10.2. The van der Waals surface area contributed by atoms with Crippen molar-refractivity contribution in [1.82, 2.24) is 4.31 Å². The maximum atomic E-state index is 12.2. The SMILES string of the molecule is CCN(CC)S(=O)(=O)c1cc(C)c(Cl)c(N)c1. The molecule has 1 aromatic carbocycles. The van der Waals surface area contributed by atoms with E-state index in [-0.39, 0.29) is 10.6 Å². The molecule has 4 nitrogen and oxygen atoms in total. The molecule has 17 heavy (non-hydrogen) atoms. The van der Waals surface area contributed by atoms with Crippen LogP contribution in [0.25, 0.3) is 0 Å². The number of anilines is 1. The number of hydrogen-bond acceptors (Lipinski definition) is 3. The molecule has 0 saturated heterocycles. The van der Waals surface area contributed by atoms with Crippen LogP contribution >= 0.6 is 11.6 Å². The fourth-order valence-corrected chi connectivity index (χ4v) is 3.31. The van der Waals surface area contributed by atoms with Crippen molar-refractivity contribution in [2.24, 2.45) is 0 Å². The molecule has 0 spiro atoms. The largest absolute Gasteiger partial charge is 0.397 e. The number of aryl methyl sites for hydroxylation is 1. The van der Waals surface area contributed by atoms with Gasteiger partial charge in [0.15, 0.2) is 0 Å². The first-order chi connectivity index (χ1) is 7.84. The number of hydrogen-bond donors (Lipinski definition) is 1. The zero-order valence-corrected chi connectivity index (χ0v) is 11.8. The van der Waals surface area contributed by atoms with Gasteiger partial charge in [0.1, 0.15) is 0 Å². The normalized spacial score (nSPS) is 12.1. The predicted molar refractivity (Wildman–Crippen MR) is 70.7 cm³/mol. The van der Waals surface area contributed by atoms with Crippen LogP contribution in [0.4, 0.5) is 5.69 Å². The molecule has 0 unspecified atom stereocenters. The Bertz CT molecular complexity index is 487. The molecule has 6 heteroatoms. The zero-order chi connectivity index (χ0) is 13.2. The Hall–Kier alpha value is -0.780. The minimum Gasteiger partial charge on any atom is -0.397 e. The molecule has 0 aliphatic heterocycles. The van der Waals surface area contributed by atoms with E-state index >= 15 is 0 Å². The molecular formula is C11H17ClN2O2S. The van der Waals surface area contributed by atoms with Gasteiger partial charge in [0, 0.05) is 13.1 Å². The van der Waals surface area contributed by atoms with Crippen LogP contribution in [0, 0.1) is 6.92 Å². The summed E-state index contributed by atoms with van der Waals surface area (Å²) in [5.41, 5.74) is 6.64. The number of nitrogens with two attached hydrogens (primary N) is 1. The summed E-state index contributed by atoms with van der Waals surface area (Å²) in [6.45, 7) is 6.20. The van der Waals surface area contributed by atoms with E-state index < -0.39 is 10.0 Å². The van der Waals surface area contributed by atoms with E-state index in [4.69, 9.17) is 17.3 Å². The van der Waals surface area contributed by atoms with Crippen LogP contribution in [0.3, 0.4) is 0 Å². The average Bonchev–Trinajstić information content (AvgIpc) is 2.26. The highest BCUT2D eigenvalue weighted by molar-refractivity contribution is 7.89. The summed E-state index contributed by atoms with van der Waals surface area (Å²) in [5, 5.41) is 0.406. The highest BCUT2D eigenvalue weighted by Gasteiger charge is 2.22. The molecule has 1 rings (SSSR count). The Morgan fingerprint density at radius 2 is 1.82 bits per heavy atom. The molecule has 0 aromatic heterocycles. The number of benzene rings is 1. The fourth-order valence-electron chi connectivity index (χ4n) is 1.62. The third kappa shape index (κ3) is 2.73. The molecule has 0 saturated carbocycles. The molecule has 0 bridgehead atoms. The first-order valence-electron chi connectivity index (χ1n) is 5.40. The third-order valence-corrected chi connectivity index (χ3v) is 5.14. The van der Waals surface area contributed by atoms with Crippen LogP contribution < -0.4 is 5.73 Å². The second kappa shape index (κ2) is 5.25. The minimum atomic E-state index is -3.47. The van der Waals surface area contributed by atoms with Gasteiger partial charge in [0.25, 0.3) is 0 Å². The Morgan fingerprint density at radius 3 is 2.24 bits per heavy atom. The highest BCUT2D eigenvalue weighted by Crippen LogP contribution is 2.28. The standard InChI is InChI=1S/C11H17ClN2O2S/c1-4-14(5-2)17(15,16)9-6-8(3)11(12)10(13)7-9/h6-7H,4-5,13H2,1-3H3. The van der Waals surface area contributed by atoms with Crippen LogP contribution in [0.1, 0.15) is 19.4 Å². The Balaban J connectivity index is 3.34. The fraction of sp³-hybridized carbons (Fsp3) is 0.455. The van der Waals surface area contributed by atoms with Gasteiger partial charge in [0.05, 0.1) is 15.6 Å². The van der Waals surface area contributed by atoms with Crippen molar-refractivity contribution in [1.29, 1.82) is 0 Å². The van der Waals surface area contributed by atoms with E-state index in [1.54, 1.807) is 26.8 Å². The average molecular weight is 277 g/mol. The highest BCUT2D eigenvalue weighted by atomic mass is 35.5. The second-order valence-corrected chi connectivity index (χ2v) is 6.05. The summed E-state index contributed by atoms with van der Waals surface area (Å²) in [4.78, 5) is 0.195. The van der Waals surface area contributed by atoms with Gasteiger partial charge >= 0.3 is 0 Å². The Labute approximate surface area is 107 Å². The van der Waals surface area contributed by atoms with Crippen LogP contribution in [0.2, 0.25) is 5.02 Å². The molecule has 1 aromatic rings. The molecule has 0 fully saturated rings. The van der Waals surface area contributed by atoms with E-state index in [0.717, 1.165) is 0 Å². The van der Waals surface area contributed by atoms with Gasteiger partial charge in [-0.25, -0.2) is 8.42 Å². The molecule has 0 radical (unpaired) electrons. The quantitative estimate of drug-likeness (QED) is 0.858. The van der Waals surface area contributed by atoms with Gasteiger partial charge in [-0.05, 0) is 24.6 Å². The van der Waals surface area contributed by atoms with Gasteiger partial charge in [0.2, 0.25) is 10.0 Å². The van der Waals surface area contributed by atoms with E-state index in [9.17, 15) is 8.42 Å². The van der Waals surface area contributed by atoms with Crippen molar-refractivity contribution in [3.8, 4) is 0 Å². The lowest BCUT2D eigenvalue weighted by molar-refractivity contribution is 0.445. The molecule has 0 aliphatic carbocycles. The van der Waals surface area contributed by atoms with E-state index in [1.807, 2.05) is 0 Å². The molecule has 0 aliphatic rings. The number of nitrogens with zero attached hydrogens (tertiary/aromatic N) is 1.